The number of hydrogen-bond acceptors (Lipinski definition) is 4. The molecule has 1 aromatic carbocycles. The third-order valence-corrected chi connectivity index (χ3v) is 1.79. The Bertz CT molecular complexity index is 356. The summed E-state index contributed by atoms with van der Waals surface area (Å²) in [5.74, 6) is -0.777. The lowest BCUT2D eigenvalue weighted by Gasteiger charge is -2.08. The third-order valence-electron chi connectivity index (χ3n) is 1.79. The molecule has 1 atom stereocenters. The minimum absolute atomic E-state index is 0.0677. The molecule has 0 aromatic heterocycles. The maximum atomic E-state index is 13.2. The van der Waals surface area contributed by atoms with Crippen molar-refractivity contribution in [2.75, 3.05) is 6.61 Å². The van der Waals surface area contributed by atoms with Gasteiger partial charge in [0.25, 0.3) is 5.69 Å². The van der Waals surface area contributed by atoms with Crippen LogP contribution in [0.3, 0.4) is 0 Å². The molecule has 6 heteroatoms. The summed E-state index contributed by atoms with van der Waals surface area (Å²) in [7, 11) is 0. The molecule has 0 spiro atoms. The minimum atomic E-state index is -0.851. The Hall–Kier alpha value is -1.53. The summed E-state index contributed by atoms with van der Waals surface area (Å²) >= 11 is 0. The predicted molar refractivity (Wildman–Crippen MR) is 47.1 cm³/mol. The van der Waals surface area contributed by atoms with Crippen LogP contribution in [-0.4, -0.2) is 16.6 Å². The number of non-ortho nitro benzene ring substituents is 1. The van der Waals surface area contributed by atoms with Gasteiger partial charge in [-0.1, -0.05) is 0 Å². The summed E-state index contributed by atoms with van der Waals surface area (Å²) in [4.78, 5) is 9.57. The second-order valence-electron chi connectivity index (χ2n) is 2.75. The number of rotatable bonds is 3. The van der Waals surface area contributed by atoms with E-state index in [1.807, 2.05) is 0 Å². The van der Waals surface area contributed by atoms with Gasteiger partial charge in [0, 0.05) is 11.6 Å². The molecule has 14 heavy (non-hydrogen) atoms. The van der Waals surface area contributed by atoms with Crippen LogP contribution in [0, 0.1) is 15.9 Å². The molecule has 0 bridgehead atoms. The first-order valence-corrected chi connectivity index (χ1v) is 3.86. The van der Waals surface area contributed by atoms with E-state index < -0.39 is 23.4 Å². The molecule has 0 aliphatic carbocycles. The second kappa shape index (κ2) is 4.12. The van der Waals surface area contributed by atoms with Gasteiger partial charge in [-0.05, 0) is 6.07 Å². The number of benzene rings is 1. The van der Waals surface area contributed by atoms with Crippen LogP contribution in [0.1, 0.15) is 11.6 Å². The number of hydrogen-bond donors (Lipinski definition) is 2. The summed E-state index contributed by atoms with van der Waals surface area (Å²) in [5.41, 5.74) is 5.09. The largest absolute Gasteiger partial charge is 0.394 e. The summed E-state index contributed by atoms with van der Waals surface area (Å²) in [5, 5.41) is 18.9. The Morgan fingerprint density at radius 1 is 1.64 bits per heavy atom. The molecule has 0 aliphatic rings. The first kappa shape index (κ1) is 10.6. The predicted octanol–water partition coefficient (Wildman–Crippen LogP) is 0.726. The molecular formula is C8H9FN2O3. The van der Waals surface area contributed by atoms with Gasteiger partial charge in [0.2, 0.25) is 0 Å². The Labute approximate surface area is 79.1 Å². The number of nitrogens with two attached hydrogens (primary N) is 1. The van der Waals surface area contributed by atoms with E-state index in [-0.39, 0.29) is 11.3 Å². The SMILES string of the molecule is NC(CO)c1ccc([N+](=O)[O-])cc1F. The zero-order valence-corrected chi connectivity index (χ0v) is 7.18. The lowest BCUT2D eigenvalue weighted by atomic mass is 10.1. The summed E-state index contributed by atoms with van der Waals surface area (Å²) in [6, 6.07) is 2.28. The smallest absolute Gasteiger partial charge is 0.272 e. The molecular weight excluding hydrogens is 191 g/mol. The molecule has 5 nitrogen and oxygen atoms in total. The summed E-state index contributed by atoms with van der Waals surface area (Å²) in [6.45, 7) is -0.408. The van der Waals surface area contributed by atoms with E-state index in [4.69, 9.17) is 10.8 Å². The number of nitrogens with zero attached hydrogens (tertiary/aromatic N) is 1. The van der Waals surface area contributed by atoms with Gasteiger partial charge in [-0.3, -0.25) is 10.1 Å². The van der Waals surface area contributed by atoms with E-state index >= 15 is 0 Å². The standard InChI is InChI=1S/C8H9FN2O3/c9-7-3-5(11(13)14)1-2-6(7)8(10)4-12/h1-3,8,12H,4,10H2. The molecule has 1 rings (SSSR count). The van der Waals surface area contributed by atoms with Crippen LogP contribution in [0.5, 0.6) is 0 Å². The number of nitro groups is 1. The molecule has 0 saturated carbocycles. The van der Waals surface area contributed by atoms with Gasteiger partial charge in [0.05, 0.1) is 23.6 Å². The Balaban J connectivity index is 3.07. The van der Waals surface area contributed by atoms with Crippen LogP contribution in [0.15, 0.2) is 18.2 Å². The Morgan fingerprint density at radius 2 is 2.29 bits per heavy atom. The average Bonchev–Trinajstić information content (AvgIpc) is 2.16. The van der Waals surface area contributed by atoms with E-state index in [9.17, 15) is 14.5 Å². The van der Waals surface area contributed by atoms with E-state index in [2.05, 4.69) is 0 Å². The van der Waals surface area contributed by atoms with Gasteiger partial charge in [-0.2, -0.15) is 0 Å². The van der Waals surface area contributed by atoms with Gasteiger partial charge < -0.3 is 10.8 Å². The molecule has 3 N–H and O–H groups in total. The number of nitro benzene ring substituents is 1. The fraction of sp³-hybridized carbons (Fsp3) is 0.250. The van der Waals surface area contributed by atoms with Crippen LogP contribution in [0.25, 0.3) is 0 Å². The van der Waals surface area contributed by atoms with Gasteiger partial charge in [0.1, 0.15) is 5.82 Å². The van der Waals surface area contributed by atoms with Crippen LogP contribution < -0.4 is 5.73 Å². The molecule has 0 fully saturated rings. The van der Waals surface area contributed by atoms with Crippen LogP contribution in [0.2, 0.25) is 0 Å². The molecule has 0 amide bonds. The monoisotopic (exact) mass is 200 g/mol. The fourth-order valence-electron chi connectivity index (χ4n) is 1.03. The Kier molecular flexibility index (Phi) is 3.10. The normalized spacial score (nSPS) is 12.5. The van der Waals surface area contributed by atoms with Gasteiger partial charge in [-0.25, -0.2) is 4.39 Å². The van der Waals surface area contributed by atoms with Crippen molar-refractivity contribution < 1.29 is 14.4 Å². The fourth-order valence-corrected chi connectivity index (χ4v) is 1.03. The lowest BCUT2D eigenvalue weighted by Crippen LogP contribution is -2.16. The zero-order valence-electron chi connectivity index (χ0n) is 7.18. The van der Waals surface area contributed by atoms with Gasteiger partial charge >= 0.3 is 0 Å². The quantitative estimate of drug-likeness (QED) is 0.555. The van der Waals surface area contributed by atoms with Crippen molar-refractivity contribution in [3.63, 3.8) is 0 Å². The molecule has 0 radical (unpaired) electrons. The second-order valence-corrected chi connectivity index (χ2v) is 2.75. The number of aliphatic hydroxyl groups is 1. The van der Waals surface area contributed by atoms with Crippen molar-refractivity contribution in [1.82, 2.24) is 0 Å². The van der Waals surface area contributed by atoms with Crippen LogP contribution >= 0.6 is 0 Å². The highest BCUT2D eigenvalue weighted by Crippen LogP contribution is 2.20. The zero-order chi connectivity index (χ0) is 10.7. The molecule has 76 valence electrons. The number of aliphatic hydroxyl groups excluding tert-OH is 1. The first-order valence-electron chi connectivity index (χ1n) is 3.86. The van der Waals surface area contributed by atoms with Crippen molar-refractivity contribution in [2.24, 2.45) is 5.73 Å². The summed E-state index contributed by atoms with van der Waals surface area (Å²) in [6.07, 6.45) is 0. The number of halogens is 1. The topological polar surface area (TPSA) is 89.4 Å². The maximum Gasteiger partial charge on any atom is 0.272 e. The maximum absolute atomic E-state index is 13.2. The van der Waals surface area contributed by atoms with Crippen molar-refractivity contribution in [2.45, 2.75) is 6.04 Å². The van der Waals surface area contributed by atoms with Gasteiger partial charge in [-0.15, -0.1) is 0 Å². The average molecular weight is 200 g/mol. The van der Waals surface area contributed by atoms with E-state index in [1.165, 1.54) is 6.07 Å². The highest BCUT2D eigenvalue weighted by molar-refractivity contribution is 5.35. The van der Waals surface area contributed by atoms with E-state index in [0.29, 0.717) is 0 Å². The van der Waals surface area contributed by atoms with E-state index in [1.54, 1.807) is 0 Å². The van der Waals surface area contributed by atoms with Crippen molar-refractivity contribution >= 4 is 5.69 Å². The molecule has 1 aromatic rings. The van der Waals surface area contributed by atoms with Crippen LogP contribution in [0.4, 0.5) is 10.1 Å². The van der Waals surface area contributed by atoms with Crippen LogP contribution in [-0.2, 0) is 0 Å². The van der Waals surface area contributed by atoms with Gasteiger partial charge in [0.15, 0.2) is 0 Å². The van der Waals surface area contributed by atoms with Crippen molar-refractivity contribution in [3.8, 4) is 0 Å². The lowest BCUT2D eigenvalue weighted by molar-refractivity contribution is -0.385. The third kappa shape index (κ3) is 2.04. The minimum Gasteiger partial charge on any atom is -0.394 e. The summed E-state index contributed by atoms with van der Waals surface area (Å²) < 4.78 is 13.2. The molecule has 0 saturated heterocycles. The molecule has 0 heterocycles. The highest BCUT2D eigenvalue weighted by Gasteiger charge is 2.14. The van der Waals surface area contributed by atoms with Crippen molar-refractivity contribution in [3.05, 3.63) is 39.7 Å². The Morgan fingerprint density at radius 3 is 2.71 bits per heavy atom. The van der Waals surface area contributed by atoms with E-state index in [0.717, 1.165) is 12.1 Å². The highest BCUT2D eigenvalue weighted by atomic mass is 19.1. The molecule has 1 unspecified atom stereocenters. The molecule has 0 aliphatic heterocycles. The van der Waals surface area contributed by atoms with Crippen molar-refractivity contribution in [1.29, 1.82) is 0 Å². The first-order chi connectivity index (χ1) is 6.56.